The molecule has 1 aromatic rings. The maximum absolute atomic E-state index is 13.6. The molecule has 4 nitrogen and oxygen atoms in total. The molecule has 1 aliphatic carbocycles. The number of hydrogen-bond donors (Lipinski definition) is 1. The normalized spacial score (nSPS) is 17.2. The second-order valence-electron chi connectivity index (χ2n) is 5.62. The summed E-state index contributed by atoms with van der Waals surface area (Å²) in [4.78, 5) is 25.3. The minimum atomic E-state index is -1.14. The summed E-state index contributed by atoms with van der Waals surface area (Å²) in [5.41, 5.74) is -0.841. The van der Waals surface area contributed by atoms with Crippen LogP contribution >= 0.6 is 0 Å². The molecule has 0 unspecified atom stereocenters. The van der Waals surface area contributed by atoms with Gasteiger partial charge in [0, 0.05) is 7.05 Å². The highest BCUT2D eigenvalue weighted by atomic mass is 19.1. The monoisotopic (exact) mass is 293 g/mol. The second kappa shape index (κ2) is 6.24. The van der Waals surface area contributed by atoms with Crippen molar-refractivity contribution < 1.29 is 19.1 Å². The number of benzene rings is 1. The molecular formula is C16H20FNO3. The molecule has 0 radical (unpaired) electrons. The first-order valence-corrected chi connectivity index (χ1v) is 7.21. The SMILES string of the molecule is CN(C(=O)Cc1ccccc1F)C1(C(=O)O)CCCCC1. The van der Waals surface area contributed by atoms with E-state index in [1.807, 2.05) is 0 Å². The van der Waals surface area contributed by atoms with Crippen LogP contribution in [0.1, 0.15) is 37.7 Å². The molecule has 0 aromatic heterocycles. The topological polar surface area (TPSA) is 57.6 Å². The molecule has 1 fully saturated rings. The minimum absolute atomic E-state index is 0.113. The molecule has 1 saturated carbocycles. The van der Waals surface area contributed by atoms with Gasteiger partial charge in [0.05, 0.1) is 6.42 Å². The van der Waals surface area contributed by atoms with Gasteiger partial charge in [-0.3, -0.25) is 4.79 Å². The van der Waals surface area contributed by atoms with Crippen LogP contribution in [0.5, 0.6) is 0 Å². The van der Waals surface area contributed by atoms with E-state index in [-0.39, 0.29) is 12.3 Å². The fraction of sp³-hybridized carbons (Fsp3) is 0.500. The van der Waals surface area contributed by atoms with Crippen molar-refractivity contribution in [1.29, 1.82) is 0 Å². The summed E-state index contributed by atoms with van der Waals surface area (Å²) in [6.45, 7) is 0. The maximum Gasteiger partial charge on any atom is 0.329 e. The van der Waals surface area contributed by atoms with E-state index in [2.05, 4.69) is 0 Å². The molecule has 0 spiro atoms. The smallest absolute Gasteiger partial charge is 0.329 e. The summed E-state index contributed by atoms with van der Waals surface area (Å²) in [6, 6.07) is 6.08. The number of likely N-dealkylation sites (N-methyl/N-ethyl adjacent to an activating group) is 1. The maximum atomic E-state index is 13.6. The van der Waals surface area contributed by atoms with Crippen molar-refractivity contribution in [3.63, 3.8) is 0 Å². The van der Waals surface area contributed by atoms with Crippen molar-refractivity contribution in [1.82, 2.24) is 4.90 Å². The number of halogens is 1. The summed E-state index contributed by atoms with van der Waals surface area (Å²) in [5.74, 6) is -1.76. The highest BCUT2D eigenvalue weighted by Gasteiger charge is 2.45. The van der Waals surface area contributed by atoms with E-state index in [1.54, 1.807) is 18.2 Å². The third-order valence-corrected chi connectivity index (χ3v) is 4.39. The minimum Gasteiger partial charge on any atom is -0.479 e. The first-order valence-electron chi connectivity index (χ1n) is 7.21. The lowest BCUT2D eigenvalue weighted by atomic mass is 9.80. The van der Waals surface area contributed by atoms with Gasteiger partial charge in [0.25, 0.3) is 0 Å². The number of carboxylic acids is 1. The summed E-state index contributed by atoms with van der Waals surface area (Å²) < 4.78 is 13.6. The van der Waals surface area contributed by atoms with E-state index >= 15 is 0 Å². The van der Waals surface area contributed by atoms with Gasteiger partial charge in [0.15, 0.2) is 0 Å². The van der Waals surface area contributed by atoms with Crippen LogP contribution in [0, 0.1) is 5.82 Å². The Morgan fingerprint density at radius 1 is 1.24 bits per heavy atom. The molecule has 5 heteroatoms. The third kappa shape index (κ3) is 3.06. The predicted molar refractivity (Wildman–Crippen MR) is 76.3 cm³/mol. The molecule has 0 aliphatic heterocycles. The van der Waals surface area contributed by atoms with Crippen LogP contribution in [0.15, 0.2) is 24.3 Å². The van der Waals surface area contributed by atoms with Crippen molar-refractivity contribution in [2.75, 3.05) is 7.05 Å². The Balaban J connectivity index is 2.17. The molecule has 1 amide bonds. The number of aliphatic carboxylic acids is 1. The third-order valence-electron chi connectivity index (χ3n) is 4.39. The van der Waals surface area contributed by atoms with Crippen molar-refractivity contribution in [2.45, 2.75) is 44.1 Å². The van der Waals surface area contributed by atoms with E-state index in [0.717, 1.165) is 19.3 Å². The molecule has 0 bridgehead atoms. The molecule has 0 heterocycles. The van der Waals surface area contributed by atoms with Gasteiger partial charge in [-0.25, -0.2) is 9.18 Å². The van der Waals surface area contributed by atoms with Crippen molar-refractivity contribution in [3.05, 3.63) is 35.6 Å². The van der Waals surface area contributed by atoms with Crippen molar-refractivity contribution in [2.24, 2.45) is 0 Å². The fourth-order valence-electron chi connectivity index (χ4n) is 2.99. The first-order chi connectivity index (χ1) is 9.97. The second-order valence-corrected chi connectivity index (χ2v) is 5.62. The highest BCUT2D eigenvalue weighted by Crippen LogP contribution is 2.33. The Morgan fingerprint density at radius 3 is 2.43 bits per heavy atom. The Kier molecular flexibility index (Phi) is 4.60. The van der Waals surface area contributed by atoms with Gasteiger partial charge in [-0.2, -0.15) is 0 Å². The van der Waals surface area contributed by atoms with Gasteiger partial charge < -0.3 is 10.0 Å². The molecule has 114 valence electrons. The molecule has 21 heavy (non-hydrogen) atoms. The van der Waals surface area contributed by atoms with Crippen LogP contribution in [0.4, 0.5) is 4.39 Å². The molecule has 2 rings (SSSR count). The molecule has 0 atom stereocenters. The number of rotatable bonds is 4. The van der Waals surface area contributed by atoms with E-state index in [4.69, 9.17) is 0 Å². The van der Waals surface area contributed by atoms with Crippen molar-refractivity contribution in [3.8, 4) is 0 Å². The zero-order chi connectivity index (χ0) is 15.5. The van der Waals surface area contributed by atoms with E-state index < -0.39 is 17.3 Å². The van der Waals surface area contributed by atoms with Crippen LogP contribution in [0.2, 0.25) is 0 Å². The van der Waals surface area contributed by atoms with Crippen LogP contribution < -0.4 is 0 Å². The number of nitrogens with zero attached hydrogens (tertiary/aromatic N) is 1. The van der Waals surface area contributed by atoms with E-state index in [1.165, 1.54) is 18.0 Å². The van der Waals surface area contributed by atoms with E-state index in [9.17, 15) is 19.1 Å². The zero-order valence-corrected chi connectivity index (χ0v) is 12.1. The van der Waals surface area contributed by atoms with Crippen LogP contribution in [0.3, 0.4) is 0 Å². The number of carbonyl (C=O) groups excluding carboxylic acids is 1. The van der Waals surface area contributed by atoms with Crippen molar-refractivity contribution >= 4 is 11.9 Å². The zero-order valence-electron chi connectivity index (χ0n) is 12.1. The van der Waals surface area contributed by atoms with Crippen LogP contribution in [-0.2, 0) is 16.0 Å². The average Bonchev–Trinajstić information content (AvgIpc) is 2.49. The molecule has 1 aromatic carbocycles. The summed E-state index contributed by atoms with van der Waals surface area (Å²) in [6.07, 6.45) is 3.39. The average molecular weight is 293 g/mol. The molecule has 0 saturated heterocycles. The Bertz CT molecular complexity index is 538. The van der Waals surface area contributed by atoms with Gasteiger partial charge in [-0.05, 0) is 24.5 Å². The van der Waals surface area contributed by atoms with Gasteiger partial charge in [-0.1, -0.05) is 37.5 Å². The summed E-state index contributed by atoms with van der Waals surface area (Å²) in [5, 5.41) is 9.56. The van der Waals surface area contributed by atoms with E-state index in [0.29, 0.717) is 18.4 Å². The molecule has 1 aliphatic rings. The predicted octanol–water partition coefficient (Wildman–Crippen LogP) is 2.61. The highest BCUT2D eigenvalue weighted by molar-refractivity contribution is 5.88. The first kappa shape index (κ1) is 15.5. The molecule has 1 N–H and O–H groups in total. The Hall–Kier alpha value is -1.91. The largest absolute Gasteiger partial charge is 0.479 e. The van der Waals surface area contributed by atoms with Gasteiger partial charge >= 0.3 is 5.97 Å². The van der Waals surface area contributed by atoms with Gasteiger partial charge in [0.1, 0.15) is 11.4 Å². The summed E-state index contributed by atoms with van der Waals surface area (Å²) in [7, 11) is 1.52. The lowest BCUT2D eigenvalue weighted by Gasteiger charge is -2.41. The fourth-order valence-corrected chi connectivity index (χ4v) is 2.99. The quantitative estimate of drug-likeness (QED) is 0.928. The summed E-state index contributed by atoms with van der Waals surface area (Å²) >= 11 is 0. The van der Waals surface area contributed by atoms with Gasteiger partial charge in [-0.15, -0.1) is 0 Å². The molecular weight excluding hydrogens is 273 g/mol. The number of amides is 1. The number of carboxylic acid groups (broad SMARTS) is 1. The Morgan fingerprint density at radius 2 is 1.86 bits per heavy atom. The number of carbonyl (C=O) groups is 2. The standard InChI is InChI=1S/C16H20FNO3/c1-18(16(15(20)21)9-5-2-6-10-16)14(19)11-12-7-3-4-8-13(12)17/h3-4,7-8H,2,5-6,9-11H2,1H3,(H,20,21). The van der Waals surface area contributed by atoms with Crippen LogP contribution in [0.25, 0.3) is 0 Å². The van der Waals surface area contributed by atoms with Crippen LogP contribution in [-0.4, -0.2) is 34.5 Å². The van der Waals surface area contributed by atoms with Gasteiger partial charge in [0.2, 0.25) is 5.91 Å². The lowest BCUT2D eigenvalue weighted by molar-refractivity contribution is -0.160. The Labute approximate surface area is 123 Å². The number of hydrogen-bond acceptors (Lipinski definition) is 2. The lowest BCUT2D eigenvalue weighted by Crippen LogP contribution is -2.56.